The molecule has 2 rings (SSSR count). The van der Waals surface area contributed by atoms with Gasteiger partial charge in [-0.05, 0) is 24.3 Å². The van der Waals surface area contributed by atoms with Crippen LogP contribution >= 0.6 is 0 Å². The molecule has 2 amide bonds. The number of para-hydroxylation sites is 2. The van der Waals surface area contributed by atoms with Gasteiger partial charge in [-0.25, -0.2) is 4.79 Å². The van der Waals surface area contributed by atoms with E-state index in [1.807, 2.05) is 60.7 Å². The first kappa shape index (κ1) is 15.6. The molecule has 22 heavy (non-hydrogen) atoms. The van der Waals surface area contributed by atoms with Gasteiger partial charge >= 0.3 is 6.03 Å². The highest BCUT2D eigenvalue weighted by atomic mass is 16.2. The molecule has 0 aliphatic heterocycles. The Kier molecular flexibility index (Phi) is 5.55. The number of benzene rings is 2. The Hall–Kier alpha value is -2.81. The van der Waals surface area contributed by atoms with Gasteiger partial charge in [-0.3, -0.25) is 9.80 Å². The minimum Gasteiger partial charge on any atom is -0.290 e. The molecular weight excluding hydrogens is 272 g/mol. The van der Waals surface area contributed by atoms with Gasteiger partial charge in [-0.15, -0.1) is 13.2 Å². The molecule has 112 valence electrons. The maximum absolute atomic E-state index is 13.0. The monoisotopic (exact) mass is 292 g/mol. The summed E-state index contributed by atoms with van der Waals surface area (Å²) in [5.74, 6) is 0. The van der Waals surface area contributed by atoms with E-state index in [-0.39, 0.29) is 6.03 Å². The van der Waals surface area contributed by atoms with Gasteiger partial charge in [0.05, 0.1) is 0 Å². The van der Waals surface area contributed by atoms with Crippen molar-refractivity contribution < 1.29 is 4.79 Å². The molecule has 3 heteroatoms. The highest BCUT2D eigenvalue weighted by Gasteiger charge is 2.21. The first-order chi connectivity index (χ1) is 10.8. The molecule has 0 aliphatic carbocycles. The number of carbonyl (C=O) groups excluding carboxylic acids is 1. The minimum atomic E-state index is -0.0998. The van der Waals surface area contributed by atoms with Crippen LogP contribution in [0.5, 0.6) is 0 Å². The zero-order valence-corrected chi connectivity index (χ0v) is 12.6. The van der Waals surface area contributed by atoms with Crippen LogP contribution < -0.4 is 9.80 Å². The molecule has 0 aromatic heterocycles. The number of hydrogen-bond acceptors (Lipinski definition) is 1. The summed E-state index contributed by atoms with van der Waals surface area (Å²) in [6.45, 7) is 8.40. The maximum Gasteiger partial charge on any atom is 0.329 e. The van der Waals surface area contributed by atoms with Crippen molar-refractivity contribution in [2.24, 2.45) is 0 Å². The van der Waals surface area contributed by atoms with Crippen LogP contribution in [0.3, 0.4) is 0 Å². The predicted octanol–water partition coefficient (Wildman–Crippen LogP) is 4.49. The lowest BCUT2D eigenvalue weighted by atomic mass is 10.2. The van der Waals surface area contributed by atoms with Crippen LogP contribution in [0.4, 0.5) is 16.2 Å². The molecular formula is C19H20N2O. The van der Waals surface area contributed by atoms with Gasteiger partial charge in [0.1, 0.15) is 0 Å². The Morgan fingerprint density at radius 2 is 1.14 bits per heavy atom. The Morgan fingerprint density at radius 1 is 0.773 bits per heavy atom. The summed E-state index contributed by atoms with van der Waals surface area (Å²) in [4.78, 5) is 16.4. The first-order valence-electron chi connectivity index (χ1n) is 7.19. The quantitative estimate of drug-likeness (QED) is 0.719. The van der Waals surface area contributed by atoms with Crippen molar-refractivity contribution in [1.29, 1.82) is 0 Å². The third-order valence-corrected chi connectivity index (χ3v) is 3.22. The number of hydrogen-bond donors (Lipinski definition) is 0. The van der Waals surface area contributed by atoms with Crippen LogP contribution in [-0.2, 0) is 0 Å². The molecule has 0 fully saturated rings. The van der Waals surface area contributed by atoms with Crippen LogP contribution in [0.1, 0.15) is 0 Å². The largest absolute Gasteiger partial charge is 0.329 e. The van der Waals surface area contributed by atoms with Crippen LogP contribution in [0.15, 0.2) is 86.0 Å². The Morgan fingerprint density at radius 3 is 1.45 bits per heavy atom. The zero-order chi connectivity index (χ0) is 15.8. The maximum atomic E-state index is 13.0. The van der Waals surface area contributed by atoms with E-state index in [0.29, 0.717) is 13.1 Å². The minimum absolute atomic E-state index is 0.0998. The summed E-state index contributed by atoms with van der Waals surface area (Å²) >= 11 is 0. The van der Waals surface area contributed by atoms with Crippen LogP contribution in [0.2, 0.25) is 0 Å². The van der Waals surface area contributed by atoms with Crippen molar-refractivity contribution in [3.05, 3.63) is 86.0 Å². The Labute approximate surface area is 131 Å². The molecule has 2 aromatic rings. The molecule has 0 atom stereocenters. The predicted molar refractivity (Wildman–Crippen MR) is 93.4 cm³/mol. The van der Waals surface area contributed by atoms with Gasteiger partial charge in [-0.1, -0.05) is 48.6 Å². The van der Waals surface area contributed by atoms with E-state index in [2.05, 4.69) is 13.2 Å². The first-order valence-corrected chi connectivity index (χ1v) is 7.19. The lowest BCUT2D eigenvalue weighted by molar-refractivity contribution is 0.252. The SMILES string of the molecule is C=CCN(C(=O)N(CC=C)c1ccccc1)c1ccccc1. The van der Waals surface area contributed by atoms with E-state index in [0.717, 1.165) is 11.4 Å². The fourth-order valence-corrected chi connectivity index (χ4v) is 2.21. The zero-order valence-electron chi connectivity index (χ0n) is 12.6. The number of amides is 2. The van der Waals surface area contributed by atoms with Gasteiger partial charge in [0.15, 0.2) is 0 Å². The van der Waals surface area contributed by atoms with Crippen LogP contribution in [0.25, 0.3) is 0 Å². The number of nitrogens with zero attached hydrogens (tertiary/aromatic N) is 2. The van der Waals surface area contributed by atoms with Crippen molar-refractivity contribution in [3.63, 3.8) is 0 Å². The summed E-state index contributed by atoms with van der Waals surface area (Å²) in [5.41, 5.74) is 1.69. The summed E-state index contributed by atoms with van der Waals surface area (Å²) in [5, 5.41) is 0. The number of anilines is 2. The number of urea groups is 1. The van der Waals surface area contributed by atoms with E-state index in [1.54, 1.807) is 22.0 Å². The fraction of sp³-hybridized carbons (Fsp3) is 0.105. The van der Waals surface area contributed by atoms with Gasteiger partial charge < -0.3 is 0 Å². The normalized spacial score (nSPS) is 9.82. The second-order valence-corrected chi connectivity index (χ2v) is 4.75. The van der Waals surface area contributed by atoms with E-state index >= 15 is 0 Å². The van der Waals surface area contributed by atoms with E-state index < -0.39 is 0 Å². The number of carbonyl (C=O) groups is 1. The molecule has 0 N–H and O–H groups in total. The standard InChI is InChI=1S/C19H20N2O/c1-3-15-20(17-11-7-5-8-12-17)19(22)21(16-4-2)18-13-9-6-10-14-18/h3-14H,1-2,15-16H2. The second-order valence-electron chi connectivity index (χ2n) is 4.75. The molecule has 2 aromatic carbocycles. The van der Waals surface area contributed by atoms with E-state index in [1.165, 1.54) is 0 Å². The summed E-state index contributed by atoms with van der Waals surface area (Å²) in [6, 6.07) is 19.1. The second kappa shape index (κ2) is 7.84. The Balaban J connectivity index is 2.34. The van der Waals surface area contributed by atoms with Crippen molar-refractivity contribution in [2.75, 3.05) is 22.9 Å². The highest BCUT2D eigenvalue weighted by molar-refractivity contribution is 6.03. The molecule has 0 heterocycles. The third kappa shape index (κ3) is 3.64. The summed E-state index contributed by atoms with van der Waals surface area (Å²) in [6.07, 6.45) is 3.45. The van der Waals surface area contributed by atoms with E-state index in [4.69, 9.17) is 0 Å². The molecule has 0 aliphatic rings. The van der Waals surface area contributed by atoms with Crippen molar-refractivity contribution in [3.8, 4) is 0 Å². The lowest BCUT2D eigenvalue weighted by Crippen LogP contribution is -2.43. The van der Waals surface area contributed by atoms with Gasteiger partial charge in [0.2, 0.25) is 0 Å². The average Bonchev–Trinajstić information content (AvgIpc) is 2.58. The lowest BCUT2D eigenvalue weighted by Gasteiger charge is -2.29. The van der Waals surface area contributed by atoms with Crippen LogP contribution in [0, 0.1) is 0 Å². The topological polar surface area (TPSA) is 23.6 Å². The molecule has 0 radical (unpaired) electrons. The van der Waals surface area contributed by atoms with E-state index in [9.17, 15) is 4.79 Å². The number of rotatable bonds is 6. The molecule has 0 bridgehead atoms. The molecule has 0 saturated carbocycles. The van der Waals surface area contributed by atoms with Crippen LogP contribution in [-0.4, -0.2) is 19.1 Å². The smallest absolute Gasteiger partial charge is 0.290 e. The molecule has 0 unspecified atom stereocenters. The van der Waals surface area contributed by atoms with Gasteiger partial charge in [-0.2, -0.15) is 0 Å². The average molecular weight is 292 g/mol. The van der Waals surface area contributed by atoms with Gasteiger partial charge in [0, 0.05) is 24.5 Å². The third-order valence-electron chi connectivity index (χ3n) is 3.22. The van der Waals surface area contributed by atoms with Crippen molar-refractivity contribution in [2.45, 2.75) is 0 Å². The molecule has 3 nitrogen and oxygen atoms in total. The summed E-state index contributed by atoms with van der Waals surface area (Å²) < 4.78 is 0. The summed E-state index contributed by atoms with van der Waals surface area (Å²) in [7, 11) is 0. The van der Waals surface area contributed by atoms with Crippen molar-refractivity contribution >= 4 is 17.4 Å². The fourth-order valence-electron chi connectivity index (χ4n) is 2.21. The Bertz CT molecular complexity index is 567. The van der Waals surface area contributed by atoms with Gasteiger partial charge in [0.25, 0.3) is 0 Å². The molecule has 0 spiro atoms. The highest BCUT2D eigenvalue weighted by Crippen LogP contribution is 2.20. The van der Waals surface area contributed by atoms with Crippen molar-refractivity contribution in [1.82, 2.24) is 0 Å². The molecule has 0 saturated heterocycles.